The molecule has 1 atom stereocenters. The molecular weight excluding hydrogens is 248 g/mol. The third-order valence-electron chi connectivity index (χ3n) is 2.75. The second-order valence-corrected chi connectivity index (χ2v) is 4.28. The molecule has 0 fully saturated rings. The Kier molecular flexibility index (Phi) is 4.91. The second-order valence-electron chi connectivity index (χ2n) is 4.28. The molecule has 1 heterocycles. The number of ether oxygens (including phenoxy) is 1. The monoisotopic (exact) mass is 268 g/mol. The maximum absolute atomic E-state index is 11.8. The van der Waals surface area contributed by atoms with E-state index < -0.39 is 12.0 Å². The third-order valence-corrected chi connectivity index (χ3v) is 2.75. The van der Waals surface area contributed by atoms with Gasteiger partial charge in [0.2, 0.25) is 5.91 Å². The number of nitrogens with one attached hydrogen (secondary N) is 1. The fraction of sp³-hybridized carbons (Fsp3) is 0.583. The SMILES string of the molecule is CCOC(=O)C(C)NC(=O)Cn1nc(C)c(N)c1C. The lowest BCUT2D eigenvalue weighted by Crippen LogP contribution is -2.41. The standard InChI is InChI=1S/C12H20N4O3/c1-5-19-12(18)8(3)14-10(17)6-16-9(4)11(13)7(2)15-16/h8H,5-6,13H2,1-4H3,(H,14,17). The molecule has 0 aromatic carbocycles. The highest BCUT2D eigenvalue weighted by Crippen LogP contribution is 2.14. The first-order valence-corrected chi connectivity index (χ1v) is 6.12. The Morgan fingerprint density at radius 3 is 2.58 bits per heavy atom. The lowest BCUT2D eigenvalue weighted by atomic mass is 10.3. The predicted octanol–water partition coefficient (Wildman–Crippen LogP) is 0.150. The van der Waals surface area contributed by atoms with Crippen LogP contribution in [0, 0.1) is 13.8 Å². The Balaban J connectivity index is 2.60. The fourth-order valence-electron chi connectivity index (χ4n) is 1.61. The summed E-state index contributed by atoms with van der Waals surface area (Å²) in [5, 5.41) is 6.71. The second kappa shape index (κ2) is 6.21. The number of anilines is 1. The van der Waals surface area contributed by atoms with Gasteiger partial charge in [-0.2, -0.15) is 5.10 Å². The molecule has 1 amide bonds. The summed E-state index contributed by atoms with van der Waals surface area (Å²) in [7, 11) is 0. The highest BCUT2D eigenvalue weighted by molar-refractivity contribution is 5.84. The topological polar surface area (TPSA) is 99.2 Å². The van der Waals surface area contributed by atoms with Crippen LogP contribution in [-0.2, 0) is 20.9 Å². The molecule has 1 rings (SSSR count). The van der Waals surface area contributed by atoms with Crippen molar-refractivity contribution in [2.45, 2.75) is 40.3 Å². The van der Waals surface area contributed by atoms with E-state index in [-0.39, 0.29) is 19.1 Å². The Bertz CT molecular complexity index is 482. The number of carbonyl (C=O) groups excluding carboxylic acids is 2. The number of aryl methyl sites for hydroxylation is 1. The first-order valence-electron chi connectivity index (χ1n) is 6.12. The molecule has 19 heavy (non-hydrogen) atoms. The summed E-state index contributed by atoms with van der Waals surface area (Å²) in [5.74, 6) is -0.769. The Labute approximate surface area is 112 Å². The molecule has 0 aliphatic rings. The van der Waals surface area contributed by atoms with Gasteiger partial charge in [-0.1, -0.05) is 0 Å². The summed E-state index contributed by atoms with van der Waals surface area (Å²) in [6.45, 7) is 7.16. The van der Waals surface area contributed by atoms with Gasteiger partial charge in [-0.25, -0.2) is 4.79 Å². The van der Waals surface area contributed by atoms with E-state index in [0.717, 1.165) is 5.69 Å². The van der Waals surface area contributed by atoms with Gasteiger partial charge in [0.1, 0.15) is 12.6 Å². The van der Waals surface area contributed by atoms with Crippen LogP contribution in [0.4, 0.5) is 5.69 Å². The molecular formula is C12H20N4O3. The summed E-state index contributed by atoms with van der Waals surface area (Å²) >= 11 is 0. The number of hydrogen-bond acceptors (Lipinski definition) is 5. The lowest BCUT2D eigenvalue weighted by molar-refractivity contribution is -0.146. The number of hydrogen-bond donors (Lipinski definition) is 2. The van der Waals surface area contributed by atoms with Gasteiger partial charge in [0.15, 0.2) is 0 Å². The molecule has 1 aromatic heterocycles. The largest absolute Gasteiger partial charge is 0.464 e. The number of aromatic nitrogens is 2. The van der Waals surface area contributed by atoms with Crippen molar-refractivity contribution < 1.29 is 14.3 Å². The van der Waals surface area contributed by atoms with E-state index in [9.17, 15) is 9.59 Å². The van der Waals surface area contributed by atoms with Gasteiger partial charge in [-0.3, -0.25) is 9.48 Å². The normalized spacial score (nSPS) is 12.0. The highest BCUT2D eigenvalue weighted by Gasteiger charge is 2.18. The minimum Gasteiger partial charge on any atom is -0.464 e. The van der Waals surface area contributed by atoms with E-state index >= 15 is 0 Å². The molecule has 3 N–H and O–H groups in total. The van der Waals surface area contributed by atoms with Gasteiger partial charge < -0.3 is 15.8 Å². The van der Waals surface area contributed by atoms with Crippen LogP contribution >= 0.6 is 0 Å². The van der Waals surface area contributed by atoms with E-state index in [2.05, 4.69) is 10.4 Å². The molecule has 7 heteroatoms. The number of esters is 1. The van der Waals surface area contributed by atoms with Gasteiger partial charge in [-0.15, -0.1) is 0 Å². The van der Waals surface area contributed by atoms with E-state index in [1.54, 1.807) is 27.7 Å². The lowest BCUT2D eigenvalue weighted by Gasteiger charge is -2.13. The van der Waals surface area contributed by atoms with Crippen molar-refractivity contribution in [2.24, 2.45) is 0 Å². The Morgan fingerprint density at radius 1 is 1.47 bits per heavy atom. The number of nitrogen functional groups attached to an aromatic ring is 1. The van der Waals surface area contributed by atoms with Crippen molar-refractivity contribution in [3.63, 3.8) is 0 Å². The number of nitrogens with zero attached hydrogens (tertiary/aromatic N) is 2. The first-order chi connectivity index (χ1) is 8.86. The first kappa shape index (κ1) is 15.0. The highest BCUT2D eigenvalue weighted by atomic mass is 16.5. The number of carbonyl (C=O) groups is 2. The van der Waals surface area contributed by atoms with Crippen molar-refractivity contribution in [3.05, 3.63) is 11.4 Å². The number of amides is 1. The van der Waals surface area contributed by atoms with E-state index in [1.807, 2.05) is 0 Å². The fourth-order valence-corrected chi connectivity index (χ4v) is 1.61. The van der Waals surface area contributed by atoms with Gasteiger partial charge in [0, 0.05) is 0 Å². The number of rotatable bonds is 5. The molecule has 0 spiro atoms. The van der Waals surface area contributed by atoms with Crippen LogP contribution in [0.2, 0.25) is 0 Å². The molecule has 0 bridgehead atoms. The number of nitrogens with two attached hydrogens (primary N) is 1. The van der Waals surface area contributed by atoms with Crippen molar-refractivity contribution in [1.29, 1.82) is 0 Å². The average Bonchev–Trinajstić information content (AvgIpc) is 2.57. The van der Waals surface area contributed by atoms with Gasteiger partial charge in [-0.05, 0) is 27.7 Å². The van der Waals surface area contributed by atoms with Crippen LogP contribution in [0.1, 0.15) is 25.2 Å². The van der Waals surface area contributed by atoms with Crippen LogP contribution in [-0.4, -0.2) is 34.3 Å². The Hall–Kier alpha value is -2.05. The molecule has 106 valence electrons. The summed E-state index contributed by atoms with van der Waals surface area (Å²) < 4.78 is 6.32. The molecule has 0 saturated carbocycles. The van der Waals surface area contributed by atoms with Crippen LogP contribution < -0.4 is 11.1 Å². The van der Waals surface area contributed by atoms with E-state index in [1.165, 1.54) is 4.68 Å². The molecule has 0 radical (unpaired) electrons. The molecule has 0 saturated heterocycles. The van der Waals surface area contributed by atoms with Crippen molar-refractivity contribution in [3.8, 4) is 0 Å². The van der Waals surface area contributed by atoms with Crippen molar-refractivity contribution in [1.82, 2.24) is 15.1 Å². The van der Waals surface area contributed by atoms with Crippen LogP contribution in [0.3, 0.4) is 0 Å². The third kappa shape index (κ3) is 3.70. The zero-order valence-electron chi connectivity index (χ0n) is 11.7. The predicted molar refractivity (Wildman–Crippen MR) is 70.4 cm³/mol. The Morgan fingerprint density at radius 2 is 2.11 bits per heavy atom. The molecule has 7 nitrogen and oxygen atoms in total. The van der Waals surface area contributed by atoms with Crippen LogP contribution in [0.15, 0.2) is 0 Å². The minimum absolute atomic E-state index is 0.0214. The zero-order chi connectivity index (χ0) is 14.6. The molecule has 1 unspecified atom stereocenters. The van der Waals surface area contributed by atoms with E-state index in [4.69, 9.17) is 10.5 Å². The summed E-state index contributed by atoms with van der Waals surface area (Å²) in [5.41, 5.74) is 7.77. The average molecular weight is 268 g/mol. The summed E-state index contributed by atoms with van der Waals surface area (Å²) in [4.78, 5) is 23.2. The molecule has 0 aliphatic heterocycles. The van der Waals surface area contributed by atoms with Gasteiger partial charge in [0.05, 0.1) is 23.7 Å². The quantitative estimate of drug-likeness (QED) is 0.740. The maximum atomic E-state index is 11.8. The maximum Gasteiger partial charge on any atom is 0.328 e. The minimum atomic E-state index is -0.679. The summed E-state index contributed by atoms with van der Waals surface area (Å²) in [6.07, 6.45) is 0. The summed E-state index contributed by atoms with van der Waals surface area (Å²) in [6, 6.07) is -0.679. The van der Waals surface area contributed by atoms with Crippen LogP contribution in [0.25, 0.3) is 0 Å². The molecule has 1 aromatic rings. The molecule has 0 aliphatic carbocycles. The van der Waals surface area contributed by atoms with Gasteiger partial charge >= 0.3 is 5.97 Å². The van der Waals surface area contributed by atoms with Crippen molar-refractivity contribution >= 4 is 17.6 Å². The zero-order valence-corrected chi connectivity index (χ0v) is 11.7. The smallest absolute Gasteiger partial charge is 0.328 e. The van der Waals surface area contributed by atoms with Crippen molar-refractivity contribution in [2.75, 3.05) is 12.3 Å². The van der Waals surface area contributed by atoms with Gasteiger partial charge in [0.25, 0.3) is 0 Å². The van der Waals surface area contributed by atoms with E-state index in [0.29, 0.717) is 11.4 Å². The van der Waals surface area contributed by atoms with Crippen LogP contribution in [0.5, 0.6) is 0 Å².